The minimum atomic E-state index is 0.683. The first-order valence-electron chi connectivity index (χ1n) is 8.05. The van der Waals surface area contributed by atoms with E-state index in [-0.39, 0.29) is 0 Å². The van der Waals surface area contributed by atoms with Crippen LogP contribution in [0.25, 0.3) is 0 Å². The fourth-order valence-electron chi connectivity index (χ4n) is 4.42. The molecule has 2 fully saturated rings. The monoisotopic (exact) mass is 257 g/mol. The van der Waals surface area contributed by atoms with Crippen molar-refractivity contribution in [2.24, 2.45) is 17.8 Å². The summed E-state index contributed by atoms with van der Waals surface area (Å²) in [4.78, 5) is 0. The van der Waals surface area contributed by atoms with Gasteiger partial charge in [0.1, 0.15) is 0 Å². The summed E-state index contributed by atoms with van der Waals surface area (Å²) in [7, 11) is 2.15. The first-order chi connectivity index (χ1) is 9.30. The Morgan fingerprint density at radius 1 is 1.11 bits per heavy atom. The second kappa shape index (κ2) is 5.66. The zero-order valence-electron chi connectivity index (χ0n) is 12.4. The molecule has 4 atom stereocenters. The van der Waals surface area contributed by atoms with Crippen LogP contribution in [0.2, 0.25) is 0 Å². The number of aryl methyl sites for hydroxylation is 1. The molecule has 2 aliphatic carbocycles. The van der Waals surface area contributed by atoms with E-state index in [9.17, 15) is 0 Å². The van der Waals surface area contributed by atoms with Crippen LogP contribution in [0.4, 0.5) is 0 Å². The number of nitrogens with one attached hydrogen (secondary N) is 1. The molecule has 19 heavy (non-hydrogen) atoms. The van der Waals surface area contributed by atoms with E-state index in [0.717, 1.165) is 24.2 Å². The molecule has 1 aromatic carbocycles. The summed E-state index contributed by atoms with van der Waals surface area (Å²) in [6.45, 7) is 2.22. The molecule has 1 heteroatoms. The van der Waals surface area contributed by atoms with Crippen LogP contribution in [0, 0.1) is 17.8 Å². The van der Waals surface area contributed by atoms with Crippen LogP contribution in [0.5, 0.6) is 0 Å². The van der Waals surface area contributed by atoms with Crippen molar-refractivity contribution in [3.8, 4) is 0 Å². The highest BCUT2D eigenvalue weighted by Crippen LogP contribution is 2.49. The Labute approximate surface area is 117 Å². The van der Waals surface area contributed by atoms with Gasteiger partial charge in [0.05, 0.1) is 0 Å². The van der Waals surface area contributed by atoms with Crippen LogP contribution in [-0.4, -0.2) is 13.1 Å². The highest BCUT2D eigenvalue weighted by molar-refractivity contribution is 5.23. The Kier molecular flexibility index (Phi) is 3.93. The molecule has 104 valence electrons. The number of benzene rings is 1. The predicted molar refractivity (Wildman–Crippen MR) is 81.3 cm³/mol. The van der Waals surface area contributed by atoms with Crippen molar-refractivity contribution in [2.45, 2.75) is 51.5 Å². The van der Waals surface area contributed by atoms with Crippen molar-refractivity contribution in [2.75, 3.05) is 7.05 Å². The summed E-state index contributed by atoms with van der Waals surface area (Å²) in [5.41, 5.74) is 2.95. The molecule has 0 heterocycles. The highest BCUT2D eigenvalue weighted by Gasteiger charge is 2.42. The summed E-state index contributed by atoms with van der Waals surface area (Å²) >= 11 is 0. The maximum Gasteiger partial charge on any atom is 0.0135 e. The molecule has 0 saturated heterocycles. The lowest BCUT2D eigenvalue weighted by Crippen LogP contribution is -2.38. The summed E-state index contributed by atoms with van der Waals surface area (Å²) < 4.78 is 0. The zero-order valence-corrected chi connectivity index (χ0v) is 12.4. The van der Waals surface area contributed by atoms with Gasteiger partial charge in [-0.15, -0.1) is 0 Å². The quantitative estimate of drug-likeness (QED) is 0.845. The third-order valence-corrected chi connectivity index (χ3v) is 5.57. The normalized spacial score (nSPS) is 30.7. The number of hydrogen-bond donors (Lipinski definition) is 1. The summed E-state index contributed by atoms with van der Waals surface area (Å²) in [6.07, 6.45) is 8.32. The molecular weight excluding hydrogens is 230 g/mol. The van der Waals surface area contributed by atoms with Crippen LogP contribution < -0.4 is 5.32 Å². The van der Waals surface area contributed by atoms with Gasteiger partial charge < -0.3 is 5.32 Å². The molecule has 1 aromatic rings. The van der Waals surface area contributed by atoms with Gasteiger partial charge in [-0.25, -0.2) is 0 Å². The van der Waals surface area contributed by atoms with Gasteiger partial charge in [-0.05, 0) is 68.0 Å². The van der Waals surface area contributed by atoms with E-state index < -0.39 is 0 Å². The molecule has 0 radical (unpaired) electrons. The molecule has 4 unspecified atom stereocenters. The maximum absolute atomic E-state index is 3.61. The fraction of sp³-hybridized carbons (Fsp3) is 0.667. The van der Waals surface area contributed by atoms with Crippen LogP contribution in [0.1, 0.15) is 43.7 Å². The molecule has 0 spiro atoms. The Bertz CT molecular complexity index is 408. The Balaban J connectivity index is 1.65. The van der Waals surface area contributed by atoms with Crippen molar-refractivity contribution in [3.63, 3.8) is 0 Å². The van der Waals surface area contributed by atoms with Crippen molar-refractivity contribution < 1.29 is 0 Å². The van der Waals surface area contributed by atoms with E-state index in [1.165, 1.54) is 43.2 Å². The first-order valence-corrected chi connectivity index (χ1v) is 8.05. The summed E-state index contributed by atoms with van der Waals surface area (Å²) in [5.74, 6) is 2.99. The lowest BCUT2D eigenvalue weighted by atomic mass is 9.81. The molecule has 2 bridgehead atoms. The molecule has 1 N–H and O–H groups in total. The van der Waals surface area contributed by atoms with Gasteiger partial charge in [-0.3, -0.25) is 0 Å². The van der Waals surface area contributed by atoms with E-state index >= 15 is 0 Å². The topological polar surface area (TPSA) is 12.0 Å². The summed E-state index contributed by atoms with van der Waals surface area (Å²) in [6, 6.07) is 9.93. The molecule has 0 aromatic heterocycles. The SMILES string of the molecule is CCc1ccc(CC(NC)C2CC3CCC2C3)cc1. The van der Waals surface area contributed by atoms with Crippen LogP contribution in [-0.2, 0) is 12.8 Å². The van der Waals surface area contributed by atoms with Crippen molar-refractivity contribution in [3.05, 3.63) is 35.4 Å². The standard InChI is InChI=1S/C18H27N/c1-3-13-4-6-14(7-5-13)12-18(19-2)17-11-15-8-9-16(17)10-15/h4-7,15-19H,3,8-12H2,1-2H3. The lowest BCUT2D eigenvalue weighted by Gasteiger charge is -2.30. The number of hydrogen-bond acceptors (Lipinski definition) is 1. The Morgan fingerprint density at radius 2 is 1.84 bits per heavy atom. The van der Waals surface area contributed by atoms with E-state index in [4.69, 9.17) is 0 Å². The van der Waals surface area contributed by atoms with Gasteiger partial charge in [-0.2, -0.15) is 0 Å². The van der Waals surface area contributed by atoms with Crippen LogP contribution >= 0.6 is 0 Å². The Hall–Kier alpha value is -0.820. The average Bonchev–Trinajstić information content (AvgIpc) is 3.08. The van der Waals surface area contributed by atoms with Gasteiger partial charge in [0, 0.05) is 6.04 Å². The molecule has 3 rings (SSSR count). The molecule has 0 aliphatic heterocycles. The predicted octanol–water partition coefficient (Wildman–Crippen LogP) is 3.82. The molecule has 2 aliphatic rings. The van der Waals surface area contributed by atoms with Crippen LogP contribution in [0.15, 0.2) is 24.3 Å². The largest absolute Gasteiger partial charge is 0.316 e. The second-order valence-electron chi connectivity index (χ2n) is 6.61. The highest BCUT2D eigenvalue weighted by atomic mass is 14.9. The van der Waals surface area contributed by atoms with Gasteiger partial charge in [0.2, 0.25) is 0 Å². The molecule has 0 amide bonds. The van der Waals surface area contributed by atoms with Crippen LogP contribution in [0.3, 0.4) is 0 Å². The first kappa shape index (κ1) is 13.2. The van der Waals surface area contributed by atoms with Crippen molar-refractivity contribution >= 4 is 0 Å². The average molecular weight is 257 g/mol. The fourth-order valence-corrected chi connectivity index (χ4v) is 4.42. The van der Waals surface area contributed by atoms with Gasteiger partial charge in [-0.1, -0.05) is 37.6 Å². The molecular formula is C18H27N. The van der Waals surface area contributed by atoms with Gasteiger partial charge >= 0.3 is 0 Å². The number of fused-ring (bicyclic) bond motifs is 2. The maximum atomic E-state index is 3.61. The third kappa shape index (κ3) is 2.72. The molecule has 2 saturated carbocycles. The van der Waals surface area contributed by atoms with E-state index in [2.05, 4.69) is 43.6 Å². The van der Waals surface area contributed by atoms with E-state index in [1.807, 2.05) is 0 Å². The molecule has 1 nitrogen and oxygen atoms in total. The van der Waals surface area contributed by atoms with E-state index in [1.54, 1.807) is 0 Å². The van der Waals surface area contributed by atoms with E-state index in [0.29, 0.717) is 6.04 Å². The van der Waals surface area contributed by atoms with Gasteiger partial charge in [0.15, 0.2) is 0 Å². The minimum Gasteiger partial charge on any atom is -0.316 e. The Morgan fingerprint density at radius 3 is 2.37 bits per heavy atom. The zero-order chi connectivity index (χ0) is 13.2. The second-order valence-corrected chi connectivity index (χ2v) is 6.61. The third-order valence-electron chi connectivity index (χ3n) is 5.57. The number of likely N-dealkylation sites (N-methyl/N-ethyl adjacent to an activating group) is 1. The van der Waals surface area contributed by atoms with Crippen molar-refractivity contribution in [1.29, 1.82) is 0 Å². The van der Waals surface area contributed by atoms with Crippen molar-refractivity contribution in [1.82, 2.24) is 5.32 Å². The summed E-state index contributed by atoms with van der Waals surface area (Å²) in [5, 5.41) is 3.61. The smallest absolute Gasteiger partial charge is 0.0135 e. The van der Waals surface area contributed by atoms with Gasteiger partial charge in [0.25, 0.3) is 0 Å². The lowest BCUT2D eigenvalue weighted by molar-refractivity contribution is 0.255. The number of rotatable bonds is 5. The minimum absolute atomic E-state index is 0.683.